The maximum absolute atomic E-state index is 11.8. The summed E-state index contributed by atoms with van der Waals surface area (Å²) in [5.74, 6) is 0.929. The second kappa shape index (κ2) is 5.19. The molecule has 0 aromatic heterocycles. The summed E-state index contributed by atoms with van der Waals surface area (Å²) in [6.45, 7) is 5.96. The molecule has 0 radical (unpaired) electrons. The number of likely N-dealkylation sites (N-methyl/N-ethyl adjacent to an activating group) is 1. The van der Waals surface area contributed by atoms with Gasteiger partial charge < -0.3 is 15.4 Å². The largest absolute Gasteiger partial charge is 0.487 e. The lowest BCUT2D eigenvalue weighted by atomic mass is 10.1. The molecule has 0 fully saturated rings. The Morgan fingerprint density at radius 1 is 1.59 bits per heavy atom. The molecule has 1 heterocycles. The third-order valence-corrected chi connectivity index (χ3v) is 2.75. The van der Waals surface area contributed by atoms with Crippen LogP contribution in [0.1, 0.15) is 24.2 Å². The monoisotopic (exact) mass is 234 g/mol. The van der Waals surface area contributed by atoms with Gasteiger partial charge in [0, 0.05) is 5.56 Å². The van der Waals surface area contributed by atoms with Crippen molar-refractivity contribution in [3.8, 4) is 5.75 Å². The number of ketones is 1. The molecule has 0 saturated carbocycles. The van der Waals surface area contributed by atoms with Crippen LogP contribution in [0.25, 0.3) is 0 Å². The first-order valence-electron chi connectivity index (χ1n) is 5.99. The summed E-state index contributed by atoms with van der Waals surface area (Å²) in [6, 6.07) is 5.54. The molecule has 4 heteroatoms. The van der Waals surface area contributed by atoms with Crippen molar-refractivity contribution in [1.29, 1.82) is 0 Å². The molecule has 2 rings (SSSR count). The fraction of sp³-hybridized carbons (Fsp3) is 0.462. The normalized spacial score (nSPS) is 17.9. The highest BCUT2D eigenvalue weighted by molar-refractivity contribution is 5.98. The number of carbonyl (C=O) groups is 1. The lowest BCUT2D eigenvalue weighted by Crippen LogP contribution is -2.28. The minimum absolute atomic E-state index is 0.107. The third-order valence-electron chi connectivity index (χ3n) is 2.75. The molecule has 1 aromatic rings. The molecule has 17 heavy (non-hydrogen) atoms. The van der Waals surface area contributed by atoms with E-state index in [9.17, 15) is 4.79 Å². The van der Waals surface area contributed by atoms with Crippen molar-refractivity contribution in [2.24, 2.45) is 0 Å². The van der Waals surface area contributed by atoms with E-state index in [-0.39, 0.29) is 11.9 Å². The van der Waals surface area contributed by atoms with E-state index in [1.165, 1.54) is 0 Å². The van der Waals surface area contributed by atoms with Crippen LogP contribution in [0.2, 0.25) is 0 Å². The fourth-order valence-corrected chi connectivity index (χ4v) is 1.80. The molecule has 0 aliphatic carbocycles. The molecule has 0 amide bonds. The second-order valence-electron chi connectivity index (χ2n) is 4.22. The summed E-state index contributed by atoms with van der Waals surface area (Å²) in [7, 11) is 0. The SMILES string of the molecule is CCNCC(=O)c1ccc2c(c1)NCC(C)O2. The topological polar surface area (TPSA) is 50.4 Å². The molecule has 1 aliphatic rings. The number of hydrogen-bond donors (Lipinski definition) is 2. The summed E-state index contributed by atoms with van der Waals surface area (Å²) >= 11 is 0. The molecule has 4 nitrogen and oxygen atoms in total. The van der Waals surface area contributed by atoms with Crippen molar-refractivity contribution in [3.05, 3.63) is 23.8 Å². The van der Waals surface area contributed by atoms with E-state index in [1.54, 1.807) is 0 Å². The molecular formula is C13H18N2O2. The summed E-state index contributed by atoms with van der Waals surface area (Å²) in [5, 5.41) is 6.30. The Kier molecular flexibility index (Phi) is 3.64. The van der Waals surface area contributed by atoms with E-state index >= 15 is 0 Å². The lowest BCUT2D eigenvalue weighted by Gasteiger charge is -2.25. The van der Waals surface area contributed by atoms with E-state index in [2.05, 4.69) is 10.6 Å². The van der Waals surface area contributed by atoms with Gasteiger partial charge in [-0.05, 0) is 31.7 Å². The van der Waals surface area contributed by atoms with Gasteiger partial charge in [0.15, 0.2) is 5.78 Å². The lowest BCUT2D eigenvalue weighted by molar-refractivity contribution is 0.0991. The fourth-order valence-electron chi connectivity index (χ4n) is 1.80. The van der Waals surface area contributed by atoms with Gasteiger partial charge in [0.25, 0.3) is 0 Å². The minimum Gasteiger partial charge on any atom is -0.487 e. The summed E-state index contributed by atoms with van der Waals surface area (Å²) in [5.41, 5.74) is 1.63. The zero-order chi connectivity index (χ0) is 12.3. The number of Topliss-reactive ketones (excluding diaryl/α,β-unsaturated/α-hetero) is 1. The van der Waals surface area contributed by atoms with Crippen molar-refractivity contribution >= 4 is 11.5 Å². The van der Waals surface area contributed by atoms with Crippen molar-refractivity contribution in [3.63, 3.8) is 0 Å². The number of anilines is 1. The quantitative estimate of drug-likeness (QED) is 0.778. The number of nitrogens with one attached hydrogen (secondary N) is 2. The predicted molar refractivity (Wildman–Crippen MR) is 67.9 cm³/mol. The first kappa shape index (κ1) is 11.9. The molecule has 1 unspecified atom stereocenters. The molecule has 0 saturated heterocycles. The van der Waals surface area contributed by atoms with Gasteiger partial charge in [-0.25, -0.2) is 0 Å². The molecule has 1 atom stereocenters. The van der Waals surface area contributed by atoms with Gasteiger partial charge >= 0.3 is 0 Å². The Hall–Kier alpha value is -1.55. The predicted octanol–water partition coefficient (Wildman–Crippen LogP) is 1.67. The van der Waals surface area contributed by atoms with Gasteiger partial charge in [0.05, 0.1) is 18.8 Å². The molecule has 2 N–H and O–H groups in total. The van der Waals surface area contributed by atoms with Gasteiger partial charge in [-0.2, -0.15) is 0 Å². The Morgan fingerprint density at radius 3 is 3.18 bits per heavy atom. The first-order valence-corrected chi connectivity index (χ1v) is 5.99. The van der Waals surface area contributed by atoms with Crippen LogP contribution in [0, 0.1) is 0 Å². The van der Waals surface area contributed by atoms with Crippen molar-refractivity contribution in [1.82, 2.24) is 5.32 Å². The highest BCUT2D eigenvalue weighted by Crippen LogP contribution is 2.29. The van der Waals surface area contributed by atoms with E-state index in [1.807, 2.05) is 32.0 Å². The number of fused-ring (bicyclic) bond motifs is 1. The highest BCUT2D eigenvalue weighted by Gasteiger charge is 2.16. The van der Waals surface area contributed by atoms with E-state index in [0.717, 1.165) is 30.1 Å². The smallest absolute Gasteiger partial charge is 0.176 e. The van der Waals surface area contributed by atoms with Crippen LogP contribution in [0.15, 0.2) is 18.2 Å². The average molecular weight is 234 g/mol. The summed E-state index contributed by atoms with van der Waals surface area (Å²) in [6.07, 6.45) is 0.172. The van der Waals surface area contributed by atoms with E-state index in [4.69, 9.17) is 4.74 Å². The summed E-state index contributed by atoms with van der Waals surface area (Å²) < 4.78 is 5.66. The Labute approximate surface area is 101 Å². The third kappa shape index (κ3) is 2.77. The van der Waals surface area contributed by atoms with Crippen LogP contribution in [-0.2, 0) is 0 Å². The maximum atomic E-state index is 11.8. The number of rotatable bonds is 4. The molecular weight excluding hydrogens is 216 g/mol. The van der Waals surface area contributed by atoms with Crippen LogP contribution in [-0.4, -0.2) is 31.5 Å². The number of carbonyl (C=O) groups excluding carboxylic acids is 1. The van der Waals surface area contributed by atoms with Crippen molar-refractivity contribution in [2.75, 3.05) is 25.0 Å². The average Bonchev–Trinajstić information content (AvgIpc) is 2.35. The molecule has 1 aromatic carbocycles. The van der Waals surface area contributed by atoms with Crippen molar-refractivity contribution in [2.45, 2.75) is 20.0 Å². The van der Waals surface area contributed by atoms with Gasteiger partial charge in [-0.15, -0.1) is 0 Å². The van der Waals surface area contributed by atoms with Crippen molar-refractivity contribution < 1.29 is 9.53 Å². The van der Waals surface area contributed by atoms with Gasteiger partial charge in [-0.3, -0.25) is 4.79 Å². The van der Waals surface area contributed by atoms with Gasteiger partial charge in [0.1, 0.15) is 11.9 Å². The Morgan fingerprint density at radius 2 is 2.41 bits per heavy atom. The van der Waals surface area contributed by atoms with E-state index in [0.29, 0.717) is 6.54 Å². The number of benzene rings is 1. The molecule has 0 spiro atoms. The van der Waals surface area contributed by atoms with Gasteiger partial charge in [-0.1, -0.05) is 6.92 Å². The zero-order valence-electron chi connectivity index (χ0n) is 10.2. The Bertz CT molecular complexity index is 418. The molecule has 1 aliphatic heterocycles. The van der Waals surface area contributed by atoms with E-state index < -0.39 is 0 Å². The van der Waals surface area contributed by atoms with Crippen LogP contribution < -0.4 is 15.4 Å². The maximum Gasteiger partial charge on any atom is 0.176 e. The number of ether oxygens (including phenoxy) is 1. The highest BCUT2D eigenvalue weighted by atomic mass is 16.5. The zero-order valence-corrected chi connectivity index (χ0v) is 10.2. The van der Waals surface area contributed by atoms with Gasteiger partial charge in [0.2, 0.25) is 0 Å². The molecule has 0 bridgehead atoms. The number of hydrogen-bond acceptors (Lipinski definition) is 4. The van der Waals surface area contributed by atoms with Crippen LogP contribution >= 0.6 is 0 Å². The van der Waals surface area contributed by atoms with Crippen LogP contribution in [0.4, 0.5) is 5.69 Å². The Balaban J connectivity index is 2.13. The first-order chi connectivity index (χ1) is 8.20. The minimum atomic E-state index is 0.107. The molecule has 92 valence electrons. The summed E-state index contributed by atoms with van der Waals surface area (Å²) in [4.78, 5) is 11.8. The van der Waals surface area contributed by atoms with Crippen LogP contribution in [0.3, 0.4) is 0 Å². The van der Waals surface area contributed by atoms with Crippen LogP contribution in [0.5, 0.6) is 5.75 Å². The second-order valence-corrected chi connectivity index (χ2v) is 4.22. The standard InChI is InChI=1S/C13H18N2O2/c1-3-14-8-12(16)10-4-5-13-11(6-10)15-7-9(2)17-13/h4-6,9,14-15H,3,7-8H2,1-2H3.